The standard InChI is InChI=1S/C23H22N4O2S/c1-14(2)9-20(28)17-5-4-6-19(10-17)26-23(29)22-15(3)27-30-21(22)11-18-8-7-16(12-24)13-25-18/h4-8,10,13-14H,9,11H2,1-3H3,(H,26,29). The molecular weight excluding hydrogens is 396 g/mol. The molecule has 2 aromatic heterocycles. The zero-order chi connectivity index (χ0) is 21.7. The zero-order valence-corrected chi connectivity index (χ0v) is 17.9. The largest absolute Gasteiger partial charge is 0.322 e. The third kappa shape index (κ3) is 5.16. The Kier molecular flexibility index (Phi) is 6.70. The number of aryl methyl sites for hydroxylation is 1. The average Bonchev–Trinajstić information content (AvgIpc) is 3.08. The summed E-state index contributed by atoms with van der Waals surface area (Å²) in [5.41, 5.74) is 3.57. The Morgan fingerprint density at radius 2 is 2.03 bits per heavy atom. The van der Waals surface area contributed by atoms with Crippen molar-refractivity contribution < 1.29 is 9.59 Å². The second-order valence-corrected chi connectivity index (χ2v) is 8.31. The molecule has 0 unspecified atom stereocenters. The fraction of sp³-hybridized carbons (Fsp3) is 0.261. The van der Waals surface area contributed by atoms with Crippen LogP contribution in [-0.4, -0.2) is 21.0 Å². The number of carbonyl (C=O) groups is 2. The summed E-state index contributed by atoms with van der Waals surface area (Å²) in [5.74, 6) is 0.0640. The molecule has 0 atom stereocenters. The molecule has 0 aliphatic heterocycles. The molecule has 152 valence electrons. The highest BCUT2D eigenvalue weighted by atomic mass is 32.1. The molecule has 0 bridgehead atoms. The van der Waals surface area contributed by atoms with E-state index in [4.69, 9.17) is 5.26 Å². The van der Waals surface area contributed by atoms with Crippen molar-refractivity contribution in [3.8, 4) is 6.07 Å². The molecule has 6 nitrogen and oxygen atoms in total. The maximum atomic E-state index is 13.0. The third-order valence-corrected chi connectivity index (χ3v) is 5.43. The van der Waals surface area contributed by atoms with Crippen molar-refractivity contribution >= 4 is 28.9 Å². The van der Waals surface area contributed by atoms with E-state index in [1.807, 2.05) is 19.9 Å². The number of hydrogen-bond donors (Lipinski definition) is 1. The minimum Gasteiger partial charge on any atom is -0.322 e. The lowest BCUT2D eigenvalue weighted by molar-refractivity contribution is 0.0966. The molecule has 0 saturated carbocycles. The van der Waals surface area contributed by atoms with Gasteiger partial charge < -0.3 is 5.32 Å². The Balaban J connectivity index is 1.78. The number of nitrogens with one attached hydrogen (secondary N) is 1. The monoisotopic (exact) mass is 418 g/mol. The molecule has 3 aromatic rings. The summed E-state index contributed by atoms with van der Waals surface area (Å²) < 4.78 is 4.33. The number of carbonyl (C=O) groups excluding carboxylic acids is 2. The van der Waals surface area contributed by atoms with Crippen molar-refractivity contribution in [2.75, 3.05) is 5.32 Å². The summed E-state index contributed by atoms with van der Waals surface area (Å²) in [6, 6.07) is 12.5. The number of aromatic nitrogens is 2. The zero-order valence-electron chi connectivity index (χ0n) is 17.1. The van der Waals surface area contributed by atoms with Gasteiger partial charge in [0.15, 0.2) is 5.78 Å². The molecule has 0 aliphatic rings. The number of anilines is 1. The van der Waals surface area contributed by atoms with Gasteiger partial charge in [0.05, 0.1) is 16.8 Å². The summed E-state index contributed by atoms with van der Waals surface area (Å²) in [4.78, 5) is 30.4. The van der Waals surface area contributed by atoms with Crippen LogP contribution in [0, 0.1) is 24.2 Å². The van der Waals surface area contributed by atoms with Gasteiger partial charge in [-0.25, -0.2) is 0 Å². The van der Waals surface area contributed by atoms with Crippen molar-refractivity contribution in [3.05, 3.63) is 75.6 Å². The van der Waals surface area contributed by atoms with Gasteiger partial charge >= 0.3 is 0 Å². The summed E-state index contributed by atoms with van der Waals surface area (Å²) in [7, 11) is 0. The molecule has 0 aliphatic carbocycles. The van der Waals surface area contributed by atoms with Crippen LogP contribution in [-0.2, 0) is 6.42 Å². The fourth-order valence-electron chi connectivity index (χ4n) is 3.04. The van der Waals surface area contributed by atoms with Crippen molar-refractivity contribution in [1.29, 1.82) is 5.26 Å². The van der Waals surface area contributed by atoms with E-state index in [-0.39, 0.29) is 17.6 Å². The van der Waals surface area contributed by atoms with E-state index in [0.717, 1.165) is 10.6 Å². The predicted molar refractivity (Wildman–Crippen MR) is 117 cm³/mol. The normalized spacial score (nSPS) is 10.6. The van der Waals surface area contributed by atoms with Crippen LogP contribution in [0.2, 0.25) is 0 Å². The van der Waals surface area contributed by atoms with Crippen molar-refractivity contribution in [2.45, 2.75) is 33.6 Å². The van der Waals surface area contributed by atoms with Crippen LogP contribution < -0.4 is 5.32 Å². The summed E-state index contributed by atoms with van der Waals surface area (Å²) in [6.07, 6.45) is 2.43. The predicted octanol–water partition coefficient (Wildman–Crippen LogP) is 4.79. The van der Waals surface area contributed by atoms with Gasteiger partial charge in [0.2, 0.25) is 0 Å². The molecule has 1 amide bonds. The number of Topliss-reactive ketones (excluding diaryl/α,β-unsaturated/α-hetero) is 1. The molecule has 0 saturated heterocycles. The van der Waals surface area contributed by atoms with Crippen molar-refractivity contribution in [2.24, 2.45) is 5.92 Å². The van der Waals surface area contributed by atoms with Crippen LogP contribution in [0.1, 0.15) is 62.8 Å². The molecule has 30 heavy (non-hydrogen) atoms. The summed E-state index contributed by atoms with van der Waals surface area (Å²) in [6.45, 7) is 5.80. The highest BCUT2D eigenvalue weighted by molar-refractivity contribution is 7.06. The molecular formula is C23H22N4O2S. The number of benzene rings is 1. The van der Waals surface area contributed by atoms with Gasteiger partial charge in [-0.1, -0.05) is 26.0 Å². The minimum atomic E-state index is -0.265. The van der Waals surface area contributed by atoms with Crippen molar-refractivity contribution in [3.63, 3.8) is 0 Å². The van der Waals surface area contributed by atoms with E-state index >= 15 is 0 Å². The third-order valence-electron chi connectivity index (χ3n) is 4.49. The van der Waals surface area contributed by atoms with Crippen LogP contribution in [0.5, 0.6) is 0 Å². The van der Waals surface area contributed by atoms with E-state index in [1.165, 1.54) is 17.7 Å². The number of pyridine rings is 1. The SMILES string of the molecule is Cc1nsc(Cc2ccc(C#N)cn2)c1C(=O)Nc1cccc(C(=O)CC(C)C)c1. The summed E-state index contributed by atoms with van der Waals surface area (Å²) >= 11 is 1.26. The highest BCUT2D eigenvalue weighted by Gasteiger charge is 2.19. The van der Waals surface area contributed by atoms with Gasteiger partial charge in [0.25, 0.3) is 5.91 Å². The van der Waals surface area contributed by atoms with E-state index in [9.17, 15) is 9.59 Å². The van der Waals surface area contributed by atoms with Crippen LogP contribution in [0.25, 0.3) is 0 Å². The van der Waals surface area contributed by atoms with Gasteiger partial charge in [0.1, 0.15) is 6.07 Å². The molecule has 0 fully saturated rings. The first-order chi connectivity index (χ1) is 14.4. The Bertz CT molecular complexity index is 1110. The quantitative estimate of drug-likeness (QED) is 0.557. The lowest BCUT2D eigenvalue weighted by Gasteiger charge is -2.09. The number of nitrogens with zero attached hydrogens (tertiary/aromatic N) is 3. The first-order valence-corrected chi connectivity index (χ1v) is 10.4. The number of rotatable bonds is 7. The Morgan fingerprint density at radius 1 is 1.23 bits per heavy atom. The number of amides is 1. The fourth-order valence-corrected chi connectivity index (χ4v) is 3.92. The Labute approximate surface area is 179 Å². The summed E-state index contributed by atoms with van der Waals surface area (Å²) in [5, 5.41) is 11.8. The van der Waals surface area contributed by atoms with Crippen LogP contribution in [0.4, 0.5) is 5.69 Å². The second kappa shape index (κ2) is 9.42. The Hall–Kier alpha value is -3.37. The molecule has 1 aromatic carbocycles. The molecule has 0 spiro atoms. The molecule has 3 rings (SSSR count). The van der Waals surface area contributed by atoms with Gasteiger partial charge in [0, 0.05) is 40.9 Å². The molecule has 1 N–H and O–H groups in total. The Morgan fingerprint density at radius 3 is 2.70 bits per heavy atom. The van der Waals surface area contributed by atoms with E-state index < -0.39 is 0 Å². The van der Waals surface area contributed by atoms with Crippen LogP contribution in [0.3, 0.4) is 0 Å². The van der Waals surface area contributed by atoms with Gasteiger partial charge in [-0.15, -0.1) is 0 Å². The maximum absolute atomic E-state index is 13.0. The van der Waals surface area contributed by atoms with Gasteiger partial charge in [-0.3, -0.25) is 14.6 Å². The van der Waals surface area contributed by atoms with Crippen molar-refractivity contribution in [1.82, 2.24) is 9.36 Å². The lowest BCUT2D eigenvalue weighted by Crippen LogP contribution is -2.15. The highest BCUT2D eigenvalue weighted by Crippen LogP contribution is 2.23. The molecule has 2 heterocycles. The van der Waals surface area contributed by atoms with E-state index in [0.29, 0.717) is 40.9 Å². The maximum Gasteiger partial charge on any atom is 0.258 e. The van der Waals surface area contributed by atoms with E-state index in [2.05, 4.69) is 14.7 Å². The minimum absolute atomic E-state index is 0.0575. The van der Waals surface area contributed by atoms with Crippen LogP contribution >= 0.6 is 11.5 Å². The molecule has 7 heteroatoms. The molecule has 0 radical (unpaired) electrons. The smallest absolute Gasteiger partial charge is 0.258 e. The number of nitriles is 1. The van der Waals surface area contributed by atoms with Gasteiger partial charge in [-0.05, 0) is 48.6 Å². The second-order valence-electron chi connectivity index (χ2n) is 7.45. The first-order valence-electron chi connectivity index (χ1n) is 9.62. The topological polar surface area (TPSA) is 95.7 Å². The number of hydrogen-bond acceptors (Lipinski definition) is 6. The van der Waals surface area contributed by atoms with Crippen LogP contribution in [0.15, 0.2) is 42.6 Å². The average molecular weight is 419 g/mol. The van der Waals surface area contributed by atoms with E-state index in [1.54, 1.807) is 43.3 Å². The lowest BCUT2D eigenvalue weighted by atomic mass is 10.0. The first kappa shape index (κ1) is 21.3. The van der Waals surface area contributed by atoms with Gasteiger partial charge in [-0.2, -0.15) is 9.64 Å². The number of ketones is 1.